The van der Waals surface area contributed by atoms with Crippen molar-refractivity contribution in [2.24, 2.45) is 0 Å². The molecule has 0 heterocycles. The largest absolute Gasteiger partial charge is 0.496 e. The summed E-state index contributed by atoms with van der Waals surface area (Å²) in [4.78, 5) is 23.0. The normalized spacial score (nSPS) is 10.0. The summed E-state index contributed by atoms with van der Waals surface area (Å²) in [5.74, 6) is -0.915. The smallest absolute Gasteiger partial charge is 0.335 e. The van der Waals surface area contributed by atoms with E-state index in [1.165, 1.54) is 31.4 Å². The van der Waals surface area contributed by atoms with Crippen molar-refractivity contribution in [3.8, 4) is 5.75 Å². The van der Waals surface area contributed by atoms with E-state index in [1.54, 1.807) is 18.2 Å². The lowest BCUT2D eigenvalue weighted by molar-refractivity contribution is 0.0696. The van der Waals surface area contributed by atoms with Gasteiger partial charge in [0.2, 0.25) is 0 Å². The molecule has 2 rings (SSSR count). The fraction of sp³-hybridized carbons (Fsp3) is 0.0625. The number of carboxylic acid groups (broad SMARTS) is 1. The Bertz CT molecular complexity index is 677. The molecule has 2 aromatic rings. The van der Waals surface area contributed by atoms with E-state index in [-0.39, 0.29) is 11.5 Å². The van der Waals surface area contributed by atoms with Crippen LogP contribution in [0.15, 0.2) is 42.5 Å². The number of hydrogen-bond acceptors (Lipinski definition) is 3. The molecule has 2 N–H and O–H groups in total. The number of benzene rings is 2. The van der Waals surface area contributed by atoms with E-state index in [2.05, 4.69) is 12.2 Å². The number of rotatable bonds is 4. The van der Waals surface area contributed by atoms with Crippen LogP contribution < -0.4 is 10.1 Å². The van der Waals surface area contributed by atoms with Crippen molar-refractivity contribution in [2.45, 2.75) is 0 Å². The summed E-state index contributed by atoms with van der Waals surface area (Å²) < 4.78 is 5.14. The predicted octanol–water partition coefficient (Wildman–Crippen LogP) is 2.83. The predicted molar refractivity (Wildman–Crippen MR) is 78.8 cm³/mol. The molecule has 0 bridgehead atoms. The average molecular weight is 284 g/mol. The van der Waals surface area contributed by atoms with Crippen LogP contribution in [0.25, 0.3) is 0 Å². The quantitative estimate of drug-likeness (QED) is 0.905. The summed E-state index contributed by atoms with van der Waals surface area (Å²) in [5, 5.41) is 11.5. The Kier molecular flexibility index (Phi) is 4.23. The Morgan fingerprint density at radius 1 is 1.14 bits per heavy atom. The lowest BCUT2D eigenvalue weighted by atomic mass is 10.1. The van der Waals surface area contributed by atoms with Crippen molar-refractivity contribution in [1.29, 1.82) is 0 Å². The molecule has 0 fully saturated rings. The summed E-state index contributed by atoms with van der Waals surface area (Å²) in [6.45, 7) is 3.78. The van der Waals surface area contributed by atoms with Gasteiger partial charge in [-0.15, -0.1) is 0 Å². The zero-order valence-corrected chi connectivity index (χ0v) is 11.4. The molecule has 0 saturated heterocycles. The molecular weight excluding hydrogens is 270 g/mol. The van der Waals surface area contributed by atoms with Crippen molar-refractivity contribution >= 4 is 17.6 Å². The lowest BCUT2D eigenvalue weighted by Gasteiger charge is -2.10. The maximum absolute atomic E-state index is 12.2. The summed E-state index contributed by atoms with van der Waals surface area (Å²) in [5.41, 5.74) is 1.72. The van der Waals surface area contributed by atoms with E-state index in [0.717, 1.165) is 0 Å². The Labute approximate surface area is 122 Å². The number of anilines is 1. The second-order valence-electron chi connectivity index (χ2n) is 4.37. The highest BCUT2D eigenvalue weighted by Gasteiger charge is 2.13. The van der Waals surface area contributed by atoms with Gasteiger partial charge in [-0.2, -0.15) is 0 Å². The second kappa shape index (κ2) is 6.09. The van der Waals surface area contributed by atoms with Crippen LogP contribution in [0.5, 0.6) is 5.75 Å². The first-order chi connectivity index (χ1) is 10.0. The van der Waals surface area contributed by atoms with Gasteiger partial charge in [-0.05, 0) is 48.9 Å². The maximum Gasteiger partial charge on any atom is 0.335 e. The third kappa shape index (κ3) is 3.39. The van der Waals surface area contributed by atoms with Gasteiger partial charge in [0.25, 0.3) is 5.91 Å². The SMILES string of the molecule is [CH2]c1ccc(OC)c(C(=O)Nc2ccc(C(=O)O)cc2)c1. The van der Waals surface area contributed by atoms with Crippen LogP contribution in [0.1, 0.15) is 26.3 Å². The molecule has 21 heavy (non-hydrogen) atoms. The van der Waals surface area contributed by atoms with Crippen molar-refractivity contribution in [3.63, 3.8) is 0 Å². The van der Waals surface area contributed by atoms with Gasteiger partial charge in [-0.3, -0.25) is 4.79 Å². The standard InChI is InChI=1S/C16H14NO4/c1-10-3-8-14(21-2)13(9-10)15(18)17-12-6-4-11(5-7-12)16(19)20/h3-9H,1H2,2H3,(H,17,18)(H,19,20). The summed E-state index contributed by atoms with van der Waals surface area (Å²) in [6.07, 6.45) is 0. The number of aromatic carboxylic acids is 1. The molecule has 5 heteroatoms. The molecule has 0 saturated carbocycles. The molecule has 1 radical (unpaired) electrons. The first-order valence-electron chi connectivity index (χ1n) is 6.16. The number of carbonyl (C=O) groups excluding carboxylic acids is 1. The summed E-state index contributed by atoms with van der Waals surface area (Å²) >= 11 is 0. The number of carbonyl (C=O) groups is 2. The van der Waals surface area contributed by atoms with Crippen LogP contribution in [0, 0.1) is 6.92 Å². The second-order valence-corrected chi connectivity index (χ2v) is 4.37. The highest BCUT2D eigenvalue weighted by Crippen LogP contribution is 2.21. The maximum atomic E-state index is 12.2. The summed E-state index contributed by atoms with van der Waals surface area (Å²) in [7, 11) is 1.48. The van der Waals surface area contributed by atoms with Gasteiger partial charge in [0.15, 0.2) is 0 Å². The van der Waals surface area contributed by atoms with E-state index in [9.17, 15) is 9.59 Å². The monoisotopic (exact) mass is 284 g/mol. The van der Waals surface area contributed by atoms with Crippen molar-refractivity contribution < 1.29 is 19.4 Å². The molecule has 0 unspecified atom stereocenters. The van der Waals surface area contributed by atoms with Gasteiger partial charge in [-0.25, -0.2) is 4.79 Å². The third-order valence-electron chi connectivity index (χ3n) is 2.90. The first-order valence-corrected chi connectivity index (χ1v) is 6.16. The number of ether oxygens (including phenoxy) is 1. The van der Waals surface area contributed by atoms with Crippen molar-refractivity contribution in [2.75, 3.05) is 12.4 Å². The zero-order valence-electron chi connectivity index (χ0n) is 11.4. The number of hydrogen-bond donors (Lipinski definition) is 2. The fourth-order valence-electron chi connectivity index (χ4n) is 1.83. The van der Waals surface area contributed by atoms with Crippen molar-refractivity contribution in [1.82, 2.24) is 0 Å². The highest BCUT2D eigenvalue weighted by atomic mass is 16.5. The first kappa shape index (κ1) is 14.6. The van der Waals surface area contributed by atoms with Gasteiger partial charge in [0, 0.05) is 5.69 Å². The Hall–Kier alpha value is -2.82. The number of nitrogens with one attached hydrogen (secondary N) is 1. The summed E-state index contributed by atoms with van der Waals surface area (Å²) in [6, 6.07) is 10.9. The molecule has 5 nitrogen and oxygen atoms in total. The topological polar surface area (TPSA) is 75.6 Å². The highest BCUT2D eigenvalue weighted by molar-refractivity contribution is 6.06. The van der Waals surface area contributed by atoms with Crippen LogP contribution in [-0.4, -0.2) is 24.1 Å². The van der Waals surface area contributed by atoms with E-state index >= 15 is 0 Å². The number of methoxy groups -OCH3 is 1. The van der Waals surface area contributed by atoms with Gasteiger partial charge in [0.1, 0.15) is 5.75 Å². The molecule has 0 spiro atoms. The molecule has 0 aromatic heterocycles. The Balaban J connectivity index is 2.21. The van der Waals surface area contributed by atoms with Gasteiger partial charge < -0.3 is 15.2 Å². The minimum absolute atomic E-state index is 0.158. The molecule has 0 aliphatic carbocycles. The van der Waals surface area contributed by atoms with Crippen molar-refractivity contribution in [3.05, 3.63) is 66.1 Å². The van der Waals surface area contributed by atoms with Crippen LogP contribution >= 0.6 is 0 Å². The molecule has 107 valence electrons. The van der Waals surface area contributed by atoms with Crippen LogP contribution in [0.2, 0.25) is 0 Å². The van der Waals surface area contributed by atoms with E-state index in [4.69, 9.17) is 9.84 Å². The van der Waals surface area contributed by atoms with Gasteiger partial charge >= 0.3 is 5.97 Å². The number of carboxylic acids is 1. The molecule has 2 aromatic carbocycles. The zero-order chi connectivity index (χ0) is 15.4. The van der Waals surface area contributed by atoms with Crippen LogP contribution in [-0.2, 0) is 0 Å². The fourth-order valence-corrected chi connectivity index (χ4v) is 1.83. The van der Waals surface area contributed by atoms with E-state index in [1.807, 2.05) is 0 Å². The third-order valence-corrected chi connectivity index (χ3v) is 2.90. The number of amides is 1. The van der Waals surface area contributed by atoms with E-state index < -0.39 is 5.97 Å². The van der Waals surface area contributed by atoms with Gasteiger partial charge in [-0.1, -0.05) is 6.07 Å². The van der Waals surface area contributed by atoms with Gasteiger partial charge in [0.05, 0.1) is 18.2 Å². The Morgan fingerprint density at radius 3 is 2.38 bits per heavy atom. The van der Waals surface area contributed by atoms with Crippen LogP contribution in [0.4, 0.5) is 5.69 Å². The molecule has 0 aliphatic rings. The molecule has 0 atom stereocenters. The minimum atomic E-state index is -1.01. The lowest BCUT2D eigenvalue weighted by Crippen LogP contribution is -2.13. The molecule has 1 amide bonds. The molecular formula is C16H14NO4. The molecule has 0 aliphatic heterocycles. The minimum Gasteiger partial charge on any atom is -0.496 e. The average Bonchev–Trinajstić information content (AvgIpc) is 2.47. The Morgan fingerprint density at radius 2 is 1.81 bits per heavy atom. The van der Waals surface area contributed by atoms with E-state index in [0.29, 0.717) is 22.6 Å². The van der Waals surface area contributed by atoms with Crippen LogP contribution in [0.3, 0.4) is 0 Å².